The standard InChI is InChI=1S/C23H29N3O4/c1-6-20(27)24-18-11-7-16(8-12-18)22(29)26-25-21(28)15(2)30-19-13-9-17(10-14-19)23(3,4)5/h7-15H,6H2,1-5H3,(H,24,27)(H,25,28)(H,26,29). The van der Waals surface area contributed by atoms with Gasteiger partial charge in [-0.05, 0) is 54.3 Å². The van der Waals surface area contributed by atoms with E-state index in [1.807, 2.05) is 24.3 Å². The smallest absolute Gasteiger partial charge is 0.279 e. The van der Waals surface area contributed by atoms with E-state index in [2.05, 4.69) is 36.9 Å². The van der Waals surface area contributed by atoms with Crippen molar-refractivity contribution in [2.45, 2.75) is 52.6 Å². The molecule has 0 aliphatic rings. The highest BCUT2D eigenvalue weighted by Crippen LogP contribution is 2.24. The highest BCUT2D eigenvalue weighted by Gasteiger charge is 2.17. The quantitative estimate of drug-likeness (QED) is 0.633. The number of hydrogen-bond acceptors (Lipinski definition) is 4. The molecule has 1 atom stereocenters. The normalized spacial score (nSPS) is 11.9. The molecule has 0 fully saturated rings. The Bertz CT molecular complexity index is 884. The number of ether oxygens (including phenoxy) is 1. The van der Waals surface area contributed by atoms with Crippen LogP contribution in [-0.4, -0.2) is 23.8 Å². The summed E-state index contributed by atoms with van der Waals surface area (Å²) in [5.41, 5.74) is 6.86. The molecule has 0 heterocycles. The molecule has 7 heteroatoms. The van der Waals surface area contributed by atoms with Crippen LogP contribution in [0, 0.1) is 0 Å². The molecule has 1 unspecified atom stereocenters. The zero-order chi connectivity index (χ0) is 22.3. The summed E-state index contributed by atoms with van der Waals surface area (Å²) in [5.74, 6) is -0.489. The predicted molar refractivity (Wildman–Crippen MR) is 116 cm³/mol. The van der Waals surface area contributed by atoms with E-state index in [9.17, 15) is 14.4 Å². The zero-order valence-electron chi connectivity index (χ0n) is 18.0. The van der Waals surface area contributed by atoms with Crippen LogP contribution >= 0.6 is 0 Å². The van der Waals surface area contributed by atoms with Crippen molar-refractivity contribution in [3.05, 3.63) is 59.7 Å². The molecule has 2 aromatic rings. The molecule has 30 heavy (non-hydrogen) atoms. The van der Waals surface area contributed by atoms with Gasteiger partial charge in [0.2, 0.25) is 5.91 Å². The van der Waals surface area contributed by atoms with Crippen molar-refractivity contribution in [1.82, 2.24) is 10.9 Å². The molecule has 0 radical (unpaired) electrons. The Morgan fingerprint density at radius 1 is 0.933 bits per heavy atom. The minimum absolute atomic E-state index is 0.0333. The van der Waals surface area contributed by atoms with Crippen LogP contribution in [0.1, 0.15) is 57.0 Å². The van der Waals surface area contributed by atoms with Crippen LogP contribution < -0.4 is 20.9 Å². The van der Waals surface area contributed by atoms with Gasteiger partial charge in [0.05, 0.1) is 0 Å². The maximum absolute atomic E-state index is 12.2. The number of carbonyl (C=O) groups is 3. The number of anilines is 1. The number of hydrogen-bond donors (Lipinski definition) is 3. The molecule has 0 aromatic heterocycles. The number of hydrazine groups is 1. The second-order valence-corrected chi connectivity index (χ2v) is 7.96. The van der Waals surface area contributed by atoms with E-state index < -0.39 is 17.9 Å². The molecule has 0 bridgehead atoms. The summed E-state index contributed by atoms with van der Waals surface area (Å²) in [7, 11) is 0. The van der Waals surface area contributed by atoms with Crippen LogP contribution in [0.15, 0.2) is 48.5 Å². The van der Waals surface area contributed by atoms with Gasteiger partial charge < -0.3 is 10.1 Å². The molecular formula is C23H29N3O4. The summed E-state index contributed by atoms with van der Waals surface area (Å²) < 4.78 is 5.64. The largest absolute Gasteiger partial charge is 0.481 e. The monoisotopic (exact) mass is 411 g/mol. The lowest BCUT2D eigenvalue weighted by molar-refractivity contribution is -0.128. The van der Waals surface area contributed by atoms with Crippen molar-refractivity contribution in [2.24, 2.45) is 0 Å². The van der Waals surface area contributed by atoms with Crippen LogP contribution in [-0.2, 0) is 15.0 Å². The number of benzene rings is 2. The van der Waals surface area contributed by atoms with Gasteiger partial charge >= 0.3 is 0 Å². The van der Waals surface area contributed by atoms with E-state index >= 15 is 0 Å². The number of amides is 3. The Kier molecular flexibility index (Phi) is 7.58. The van der Waals surface area contributed by atoms with Gasteiger partial charge in [-0.15, -0.1) is 0 Å². The molecule has 7 nitrogen and oxygen atoms in total. The molecule has 3 amide bonds. The number of nitrogens with one attached hydrogen (secondary N) is 3. The molecule has 0 saturated carbocycles. The fourth-order valence-corrected chi connectivity index (χ4v) is 2.54. The first-order valence-corrected chi connectivity index (χ1v) is 9.87. The van der Waals surface area contributed by atoms with E-state index in [1.54, 1.807) is 38.1 Å². The molecule has 2 aromatic carbocycles. The number of rotatable bonds is 6. The fourth-order valence-electron chi connectivity index (χ4n) is 2.54. The maximum Gasteiger partial charge on any atom is 0.279 e. The summed E-state index contributed by atoms with van der Waals surface area (Å²) in [6.45, 7) is 9.72. The van der Waals surface area contributed by atoms with Crippen LogP contribution in [0.4, 0.5) is 5.69 Å². The van der Waals surface area contributed by atoms with Gasteiger partial charge in [0.15, 0.2) is 6.10 Å². The molecular weight excluding hydrogens is 382 g/mol. The van der Waals surface area contributed by atoms with Crippen molar-refractivity contribution >= 4 is 23.4 Å². The van der Waals surface area contributed by atoms with E-state index in [4.69, 9.17) is 4.74 Å². The van der Waals surface area contributed by atoms with Crippen molar-refractivity contribution in [1.29, 1.82) is 0 Å². The van der Waals surface area contributed by atoms with Gasteiger partial charge in [0.1, 0.15) is 5.75 Å². The van der Waals surface area contributed by atoms with Gasteiger partial charge in [-0.1, -0.05) is 39.8 Å². The minimum Gasteiger partial charge on any atom is -0.481 e. The molecule has 0 aliphatic carbocycles. The second-order valence-electron chi connectivity index (χ2n) is 7.96. The van der Waals surface area contributed by atoms with Gasteiger partial charge in [-0.2, -0.15) is 0 Å². The molecule has 160 valence electrons. The summed E-state index contributed by atoms with van der Waals surface area (Å²) in [4.78, 5) is 35.8. The highest BCUT2D eigenvalue weighted by molar-refractivity contribution is 5.97. The third-order valence-corrected chi connectivity index (χ3v) is 4.45. The van der Waals surface area contributed by atoms with Gasteiger partial charge in [-0.3, -0.25) is 25.2 Å². The first-order valence-electron chi connectivity index (χ1n) is 9.87. The predicted octanol–water partition coefficient (Wildman–Crippen LogP) is 3.56. The van der Waals surface area contributed by atoms with E-state index in [0.29, 0.717) is 23.4 Å². The molecule has 2 rings (SSSR count). The summed E-state index contributed by atoms with van der Waals surface area (Å²) in [5, 5.41) is 2.70. The van der Waals surface area contributed by atoms with E-state index in [0.717, 1.165) is 0 Å². The summed E-state index contributed by atoms with van der Waals surface area (Å²) in [6, 6.07) is 13.9. The minimum atomic E-state index is -0.794. The summed E-state index contributed by atoms with van der Waals surface area (Å²) >= 11 is 0. The third-order valence-electron chi connectivity index (χ3n) is 4.45. The maximum atomic E-state index is 12.2. The summed E-state index contributed by atoms with van der Waals surface area (Å²) in [6.07, 6.45) is -0.424. The molecule has 3 N–H and O–H groups in total. The Morgan fingerprint density at radius 2 is 1.53 bits per heavy atom. The third kappa shape index (κ3) is 6.62. The Labute approximate surface area is 177 Å². The van der Waals surface area contributed by atoms with Crippen LogP contribution in [0.2, 0.25) is 0 Å². The lowest BCUT2D eigenvalue weighted by Gasteiger charge is -2.20. The average Bonchev–Trinajstić information content (AvgIpc) is 2.71. The van der Waals surface area contributed by atoms with Gasteiger partial charge in [0.25, 0.3) is 11.8 Å². The number of carbonyl (C=O) groups excluding carboxylic acids is 3. The van der Waals surface area contributed by atoms with Crippen molar-refractivity contribution in [3.63, 3.8) is 0 Å². The van der Waals surface area contributed by atoms with Gasteiger partial charge in [-0.25, -0.2) is 0 Å². The first-order chi connectivity index (χ1) is 14.1. The second kappa shape index (κ2) is 9.91. The Morgan fingerprint density at radius 3 is 2.07 bits per heavy atom. The molecule has 0 saturated heterocycles. The Balaban J connectivity index is 1.85. The first kappa shape index (κ1) is 22.9. The topological polar surface area (TPSA) is 96.5 Å². The Hall–Kier alpha value is -3.35. The van der Waals surface area contributed by atoms with Gasteiger partial charge in [0, 0.05) is 17.7 Å². The zero-order valence-corrected chi connectivity index (χ0v) is 18.0. The molecule has 0 spiro atoms. The van der Waals surface area contributed by atoms with Crippen molar-refractivity contribution < 1.29 is 19.1 Å². The fraction of sp³-hybridized carbons (Fsp3) is 0.348. The molecule has 0 aliphatic heterocycles. The SMILES string of the molecule is CCC(=O)Nc1ccc(C(=O)NNC(=O)C(C)Oc2ccc(C(C)(C)C)cc2)cc1. The van der Waals surface area contributed by atoms with E-state index in [1.165, 1.54) is 5.56 Å². The van der Waals surface area contributed by atoms with Crippen LogP contribution in [0.5, 0.6) is 5.75 Å². The van der Waals surface area contributed by atoms with Crippen molar-refractivity contribution in [3.8, 4) is 5.75 Å². The van der Waals surface area contributed by atoms with E-state index in [-0.39, 0.29) is 11.3 Å². The van der Waals surface area contributed by atoms with Crippen LogP contribution in [0.3, 0.4) is 0 Å². The highest BCUT2D eigenvalue weighted by atomic mass is 16.5. The lowest BCUT2D eigenvalue weighted by Crippen LogP contribution is -2.47. The lowest BCUT2D eigenvalue weighted by atomic mass is 9.87. The average molecular weight is 412 g/mol. The van der Waals surface area contributed by atoms with Crippen LogP contribution in [0.25, 0.3) is 0 Å². The van der Waals surface area contributed by atoms with Crippen molar-refractivity contribution in [2.75, 3.05) is 5.32 Å².